The molecule has 0 N–H and O–H groups in total. The molecule has 2 nitrogen and oxygen atoms in total. The van der Waals surface area contributed by atoms with Gasteiger partial charge < -0.3 is 4.90 Å². The summed E-state index contributed by atoms with van der Waals surface area (Å²) in [4.78, 5) is 5.55. The highest BCUT2D eigenvalue weighted by Gasteiger charge is 2.27. The second-order valence-electron chi connectivity index (χ2n) is 3.04. The molecule has 1 aromatic heterocycles. The number of thiazole rings is 1. The number of halogens is 4. The molecule has 0 amide bonds. The Balaban J connectivity index is 2.50. The smallest absolute Gasteiger partial charge is 0.351 e. The number of alkyl halides is 4. The molecule has 1 rings (SSSR count). The number of nitrogens with zero attached hydrogens (tertiary/aromatic N) is 2. The van der Waals surface area contributed by atoms with Gasteiger partial charge in [-0.05, 0) is 0 Å². The van der Waals surface area contributed by atoms with Gasteiger partial charge in [0.2, 0.25) is 0 Å². The van der Waals surface area contributed by atoms with Crippen molar-refractivity contribution in [3.63, 3.8) is 0 Å². The van der Waals surface area contributed by atoms with Crippen molar-refractivity contribution in [2.24, 2.45) is 0 Å². The fourth-order valence-corrected chi connectivity index (χ4v) is 1.97. The fourth-order valence-electron chi connectivity index (χ4n) is 0.923. The van der Waals surface area contributed by atoms with E-state index in [1.54, 1.807) is 12.4 Å². The number of hydrogen-bond acceptors (Lipinski definition) is 3. The Morgan fingerprint density at radius 2 is 2.20 bits per heavy atom. The lowest BCUT2D eigenvalue weighted by atomic mass is 10.4. The molecular weight excluding hydrogens is 249 g/mol. The Bertz CT molecular complexity index is 313. The molecule has 0 saturated heterocycles. The summed E-state index contributed by atoms with van der Waals surface area (Å²) in [6.07, 6.45) is -4.96. The summed E-state index contributed by atoms with van der Waals surface area (Å²) in [5.74, 6) is 0.281. The van der Waals surface area contributed by atoms with Gasteiger partial charge in [-0.25, -0.2) is 4.98 Å². The van der Waals surface area contributed by atoms with E-state index in [0.717, 1.165) is 0 Å². The number of hydrogen-bond donors (Lipinski definition) is 0. The van der Waals surface area contributed by atoms with Crippen molar-refractivity contribution in [2.45, 2.75) is 18.5 Å². The lowest BCUT2D eigenvalue weighted by Crippen LogP contribution is -2.23. The molecule has 0 saturated carbocycles. The summed E-state index contributed by atoms with van der Waals surface area (Å²) in [6.45, 7) is -0.0846. The van der Waals surface area contributed by atoms with E-state index in [1.807, 2.05) is 0 Å². The highest BCUT2D eigenvalue weighted by atomic mass is 35.5. The van der Waals surface area contributed by atoms with Crippen LogP contribution in [0.5, 0.6) is 0 Å². The van der Waals surface area contributed by atoms with Crippen LogP contribution in [-0.4, -0.2) is 24.8 Å². The van der Waals surface area contributed by atoms with Crippen LogP contribution >= 0.6 is 22.9 Å². The van der Waals surface area contributed by atoms with Crippen LogP contribution in [0.4, 0.5) is 18.3 Å². The lowest BCUT2D eigenvalue weighted by molar-refractivity contribution is -0.132. The Labute approximate surface area is 94.7 Å². The molecule has 0 aliphatic carbocycles. The molecule has 7 heteroatoms. The van der Waals surface area contributed by atoms with Crippen molar-refractivity contribution in [1.82, 2.24) is 4.98 Å². The van der Waals surface area contributed by atoms with Crippen LogP contribution in [0.3, 0.4) is 0 Å². The van der Waals surface area contributed by atoms with E-state index in [9.17, 15) is 13.2 Å². The number of rotatable bonds is 4. The first kappa shape index (κ1) is 12.6. The van der Waals surface area contributed by atoms with Gasteiger partial charge in [0.15, 0.2) is 5.13 Å². The molecule has 0 radical (unpaired) electrons. The first-order chi connectivity index (χ1) is 6.92. The fraction of sp³-hybridized carbons (Fsp3) is 0.625. The Morgan fingerprint density at radius 1 is 1.53 bits per heavy atom. The average molecular weight is 259 g/mol. The second-order valence-corrected chi connectivity index (χ2v) is 4.15. The van der Waals surface area contributed by atoms with Crippen molar-refractivity contribution in [1.29, 1.82) is 0 Å². The van der Waals surface area contributed by atoms with Gasteiger partial charge in [-0.1, -0.05) is 0 Å². The monoisotopic (exact) mass is 258 g/mol. The van der Waals surface area contributed by atoms with Gasteiger partial charge in [-0.15, -0.1) is 22.9 Å². The van der Waals surface area contributed by atoms with E-state index in [0.29, 0.717) is 10.8 Å². The summed E-state index contributed by atoms with van der Waals surface area (Å²) in [6, 6.07) is 0. The van der Waals surface area contributed by atoms with Crippen LogP contribution in [0.1, 0.15) is 12.1 Å². The zero-order valence-corrected chi connectivity index (χ0v) is 9.59. The van der Waals surface area contributed by atoms with E-state index in [4.69, 9.17) is 11.6 Å². The van der Waals surface area contributed by atoms with Crippen LogP contribution in [0, 0.1) is 0 Å². The zero-order valence-electron chi connectivity index (χ0n) is 8.01. The standard InChI is InChI=1S/C8H10ClF3N2S/c1-14(3-2-8(10,11)12)7-13-6(4-9)5-15-7/h5H,2-4H2,1H3. The summed E-state index contributed by atoms with van der Waals surface area (Å²) >= 11 is 6.84. The Hall–Kier alpha value is -0.490. The third kappa shape index (κ3) is 4.25. The number of anilines is 1. The van der Waals surface area contributed by atoms with Gasteiger partial charge in [0.05, 0.1) is 18.0 Å². The maximum absolute atomic E-state index is 11.9. The molecule has 0 bridgehead atoms. The van der Waals surface area contributed by atoms with Crippen LogP contribution in [-0.2, 0) is 5.88 Å². The average Bonchev–Trinajstić information content (AvgIpc) is 2.61. The van der Waals surface area contributed by atoms with Crippen LogP contribution in [0.25, 0.3) is 0 Å². The van der Waals surface area contributed by atoms with Crippen LogP contribution in [0.2, 0.25) is 0 Å². The second kappa shape index (κ2) is 5.03. The van der Waals surface area contributed by atoms with Gasteiger partial charge in [0.25, 0.3) is 0 Å². The lowest BCUT2D eigenvalue weighted by Gasteiger charge is -2.16. The highest BCUT2D eigenvalue weighted by molar-refractivity contribution is 7.13. The van der Waals surface area contributed by atoms with Crippen molar-refractivity contribution in [2.75, 3.05) is 18.5 Å². The molecule has 0 atom stereocenters. The minimum atomic E-state index is -4.12. The van der Waals surface area contributed by atoms with Gasteiger partial charge in [0, 0.05) is 19.0 Å². The normalized spacial score (nSPS) is 11.8. The first-order valence-electron chi connectivity index (χ1n) is 4.20. The molecule has 86 valence electrons. The minimum absolute atomic E-state index is 0.0846. The molecule has 1 aromatic rings. The molecule has 0 aliphatic heterocycles. The van der Waals surface area contributed by atoms with Gasteiger partial charge in [-0.3, -0.25) is 0 Å². The van der Waals surface area contributed by atoms with Crippen LogP contribution in [0.15, 0.2) is 5.38 Å². The molecule has 0 fully saturated rings. The largest absolute Gasteiger partial charge is 0.390 e. The first-order valence-corrected chi connectivity index (χ1v) is 5.62. The Morgan fingerprint density at radius 3 is 2.67 bits per heavy atom. The minimum Gasteiger partial charge on any atom is -0.351 e. The van der Waals surface area contributed by atoms with E-state index in [2.05, 4.69) is 4.98 Å². The maximum atomic E-state index is 11.9. The molecule has 1 heterocycles. The predicted molar refractivity (Wildman–Crippen MR) is 55.6 cm³/mol. The van der Waals surface area contributed by atoms with Crippen molar-refractivity contribution < 1.29 is 13.2 Å². The van der Waals surface area contributed by atoms with Crippen molar-refractivity contribution in [3.8, 4) is 0 Å². The molecule has 0 spiro atoms. The maximum Gasteiger partial charge on any atom is 0.390 e. The predicted octanol–water partition coefficient (Wildman–Crippen LogP) is 3.27. The summed E-state index contributed by atoms with van der Waals surface area (Å²) in [5.41, 5.74) is 0.690. The molecule has 0 aliphatic rings. The summed E-state index contributed by atoms with van der Waals surface area (Å²) < 4.78 is 35.8. The zero-order chi connectivity index (χ0) is 11.5. The Kier molecular flexibility index (Phi) is 4.21. The third-order valence-electron chi connectivity index (χ3n) is 1.73. The van der Waals surface area contributed by atoms with Gasteiger partial charge >= 0.3 is 6.18 Å². The van der Waals surface area contributed by atoms with E-state index < -0.39 is 12.6 Å². The molecule has 0 aromatic carbocycles. The van der Waals surface area contributed by atoms with E-state index >= 15 is 0 Å². The molecule has 15 heavy (non-hydrogen) atoms. The van der Waals surface area contributed by atoms with Crippen molar-refractivity contribution in [3.05, 3.63) is 11.1 Å². The van der Waals surface area contributed by atoms with Crippen molar-refractivity contribution >= 4 is 28.1 Å². The third-order valence-corrected chi connectivity index (χ3v) is 3.01. The van der Waals surface area contributed by atoms with E-state index in [-0.39, 0.29) is 12.4 Å². The van der Waals surface area contributed by atoms with Gasteiger partial charge in [-0.2, -0.15) is 13.2 Å². The van der Waals surface area contributed by atoms with Crippen LogP contribution < -0.4 is 4.90 Å². The summed E-state index contributed by atoms with van der Waals surface area (Å²) in [5, 5.41) is 2.31. The van der Waals surface area contributed by atoms with Gasteiger partial charge in [0.1, 0.15) is 0 Å². The number of aromatic nitrogens is 1. The summed E-state index contributed by atoms with van der Waals surface area (Å²) in [7, 11) is 1.59. The quantitative estimate of drug-likeness (QED) is 0.771. The molecule has 0 unspecified atom stereocenters. The SMILES string of the molecule is CN(CCC(F)(F)F)c1nc(CCl)cs1. The highest BCUT2D eigenvalue weighted by Crippen LogP contribution is 2.24. The van der Waals surface area contributed by atoms with E-state index in [1.165, 1.54) is 16.2 Å². The topological polar surface area (TPSA) is 16.1 Å². The molecular formula is C8H10ClF3N2S.